The van der Waals surface area contributed by atoms with Crippen LogP contribution in [-0.4, -0.2) is 38.5 Å². The summed E-state index contributed by atoms with van der Waals surface area (Å²) < 4.78 is 2.30. The molecule has 0 unspecified atom stereocenters. The second kappa shape index (κ2) is 8.03. The van der Waals surface area contributed by atoms with Crippen LogP contribution in [0.5, 0.6) is 0 Å². The molecule has 0 radical (unpaired) electrons. The maximum absolute atomic E-state index is 12.3. The molecular weight excluding hydrogens is 422 g/mol. The quantitative estimate of drug-likeness (QED) is 0.473. The molecule has 0 fully saturated rings. The number of thiophene rings is 1. The zero-order chi connectivity index (χ0) is 17.8. The van der Waals surface area contributed by atoms with Crippen molar-refractivity contribution in [1.29, 1.82) is 0 Å². The van der Waals surface area contributed by atoms with Gasteiger partial charge in [0.25, 0.3) is 0 Å². The van der Waals surface area contributed by atoms with Crippen LogP contribution in [0.1, 0.15) is 4.88 Å². The fraction of sp³-hybridized carbons (Fsp3) is 0.188. The summed E-state index contributed by atoms with van der Waals surface area (Å²) in [6.07, 6.45) is 0. The first-order valence-corrected chi connectivity index (χ1v) is 10.1. The van der Waals surface area contributed by atoms with E-state index in [-0.39, 0.29) is 11.7 Å². The number of nitrogens with zero attached hydrogens (tertiary/aromatic N) is 4. The van der Waals surface area contributed by atoms with Crippen molar-refractivity contribution >= 4 is 44.9 Å². The van der Waals surface area contributed by atoms with Gasteiger partial charge in [-0.2, -0.15) is 0 Å². The van der Waals surface area contributed by atoms with E-state index in [1.165, 1.54) is 16.4 Å². The smallest absolute Gasteiger partial charge is 0.233 e. The second-order valence-corrected chi connectivity index (χ2v) is 8.10. The summed E-state index contributed by atoms with van der Waals surface area (Å²) in [6.45, 7) is 0.606. The maximum atomic E-state index is 12.3. The number of amides is 1. The average Bonchev–Trinajstić information content (AvgIpc) is 3.23. The van der Waals surface area contributed by atoms with Gasteiger partial charge >= 0.3 is 0 Å². The zero-order valence-electron chi connectivity index (χ0n) is 13.4. The number of aromatic nitrogens is 3. The molecular formula is C16H16BrN5OS2. The van der Waals surface area contributed by atoms with Crippen LogP contribution in [0.25, 0.3) is 11.4 Å². The first-order chi connectivity index (χ1) is 12.1. The Morgan fingerprint density at radius 2 is 2.12 bits per heavy atom. The van der Waals surface area contributed by atoms with Crippen molar-refractivity contribution in [3.8, 4) is 11.4 Å². The van der Waals surface area contributed by atoms with Gasteiger partial charge in [0.15, 0.2) is 5.82 Å². The van der Waals surface area contributed by atoms with E-state index in [0.29, 0.717) is 17.5 Å². The summed E-state index contributed by atoms with van der Waals surface area (Å²) >= 11 is 6.40. The van der Waals surface area contributed by atoms with Crippen molar-refractivity contribution in [3.05, 3.63) is 51.1 Å². The number of hydrogen-bond donors (Lipinski definition) is 1. The Kier molecular flexibility index (Phi) is 5.77. The second-order valence-electron chi connectivity index (χ2n) is 5.27. The first kappa shape index (κ1) is 18.0. The summed E-state index contributed by atoms with van der Waals surface area (Å²) in [5.74, 6) is 6.93. The van der Waals surface area contributed by atoms with E-state index in [2.05, 4.69) is 26.1 Å². The molecule has 25 heavy (non-hydrogen) atoms. The van der Waals surface area contributed by atoms with Gasteiger partial charge in [-0.3, -0.25) is 4.79 Å². The zero-order valence-corrected chi connectivity index (χ0v) is 16.6. The Balaban J connectivity index is 1.64. The molecule has 1 aromatic carbocycles. The lowest BCUT2D eigenvalue weighted by Crippen LogP contribution is -2.27. The number of thioether (sulfide) groups is 1. The van der Waals surface area contributed by atoms with Crippen LogP contribution in [0.2, 0.25) is 0 Å². The van der Waals surface area contributed by atoms with E-state index >= 15 is 0 Å². The predicted octanol–water partition coefficient (Wildman–Crippen LogP) is 3.23. The minimum Gasteiger partial charge on any atom is -0.340 e. The van der Waals surface area contributed by atoms with Crippen LogP contribution >= 0.6 is 39.0 Å². The molecule has 2 aromatic heterocycles. The van der Waals surface area contributed by atoms with Crippen LogP contribution in [0.4, 0.5) is 0 Å². The van der Waals surface area contributed by atoms with Crippen molar-refractivity contribution in [3.63, 3.8) is 0 Å². The predicted molar refractivity (Wildman–Crippen MR) is 105 cm³/mol. The summed E-state index contributed by atoms with van der Waals surface area (Å²) in [6, 6.07) is 11.6. The van der Waals surface area contributed by atoms with Crippen LogP contribution < -0.4 is 5.84 Å². The first-order valence-electron chi connectivity index (χ1n) is 7.41. The fourth-order valence-electron chi connectivity index (χ4n) is 2.16. The molecule has 9 heteroatoms. The highest BCUT2D eigenvalue weighted by Gasteiger charge is 2.17. The molecule has 0 bridgehead atoms. The number of carbonyl (C=O) groups excluding carboxylic acids is 1. The highest BCUT2D eigenvalue weighted by atomic mass is 79.9. The Morgan fingerprint density at radius 1 is 1.32 bits per heavy atom. The minimum absolute atomic E-state index is 0.0174. The lowest BCUT2D eigenvalue weighted by molar-refractivity contribution is -0.127. The normalized spacial score (nSPS) is 10.8. The number of nitrogen functional groups attached to an aromatic ring is 1. The van der Waals surface area contributed by atoms with Gasteiger partial charge in [-0.1, -0.05) is 45.9 Å². The molecule has 0 saturated heterocycles. The molecule has 0 aliphatic carbocycles. The molecule has 2 heterocycles. The largest absolute Gasteiger partial charge is 0.340 e. The van der Waals surface area contributed by atoms with E-state index in [4.69, 9.17) is 5.84 Å². The number of hydrogen-bond acceptors (Lipinski definition) is 6. The molecule has 3 rings (SSSR count). The van der Waals surface area contributed by atoms with Crippen molar-refractivity contribution in [1.82, 2.24) is 19.8 Å². The molecule has 130 valence electrons. The van der Waals surface area contributed by atoms with Gasteiger partial charge in [-0.05, 0) is 23.6 Å². The lowest BCUT2D eigenvalue weighted by atomic mass is 10.2. The van der Waals surface area contributed by atoms with Crippen LogP contribution in [0, 0.1) is 0 Å². The summed E-state index contributed by atoms with van der Waals surface area (Å²) in [7, 11) is 1.79. The van der Waals surface area contributed by atoms with E-state index in [9.17, 15) is 4.79 Å². The van der Waals surface area contributed by atoms with Gasteiger partial charge in [-0.15, -0.1) is 21.5 Å². The number of carbonyl (C=O) groups is 1. The Morgan fingerprint density at radius 3 is 2.84 bits per heavy atom. The van der Waals surface area contributed by atoms with Gasteiger partial charge in [0, 0.05) is 22.0 Å². The molecule has 0 saturated carbocycles. The van der Waals surface area contributed by atoms with Gasteiger partial charge < -0.3 is 10.7 Å². The van der Waals surface area contributed by atoms with Crippen molar-refractivity contribution in [2.45, 2.75) is 11.7 Å². The molecule has 6 nitrogen and oxygen atoms in total. The monoisotopic (exact) mass is 437 g/mol. The third-order valence-corrected chi connectivity index (χ3v) is 5.98. The number of halogens is 1. The lowest BCUT2D eigenvalue weighted by Gasteiger charge is -2.15. The molecule has 1 amide bonds. The fourth-order valence-corrected chi connectivity index (χ4v) is 4.18. The number of nitrogens with two attached hydrogens (primary N) is 1. The van der Waals surface area contributed by atoms with E-state index in [0.717, 1.165) is 14.9 Å². The van der Waals surface area contributed by atoms with Gasteiger partial charge in [0.05, 0.1) is 12.3 Å². The highest BCUT2D eigenvalue weighted by Crippen LogP contribution is 2.28. The standard InChI is InChI=1S/C16H16BrN5OS2/c1-21(9-11-5-4-8-24-11)14(23)10-25-16-20-19-15(22(16)18)12-6-2-3-7-13(12)17/h2-8H,9-10,18H2,1H3. The van der Waals surface area contributed by atoms with Crippen LogP contribution in [0.3, 0.4) is 0 Å². The molecule has 0 spiro atoms. The van der Waals surface area contributed by atoms with Crippen molar-refractivity contribution in [2.75, 3.05) is 18.6 Å². The Hall–Kier alpha value is -1.84. The molecule has 3 aromatic rings. The summed E-state index contributed by atoms with van der Waals surface area (Å²) in [5.41, 5.74) is 0.852. The maximum Gasteiger partial charge on any atom is 0.233 e. The SMILES string of the molecule is CN(Cc1cccs1)C(=O)CSc1nnc(-c2ccccc2Br)n1N. The van der Waals surface area contributed by atoms with Gasteiger partial charge in [-0.25, -0.2) is 4.68 Å². The summed E-state index contributed by atoms with van der Waals surface area (Å²) in [5, 5.41) is 10.8. The van der Waals surface area contributed by atoms with E-state index in [1.54, 1.807) is 23.3 Å². The number of benzene rings is 1. The number of rotatable bonds is 6. The highest BCUT2D eigenvalue weighted by molar-refractivity contribution is 9.10. The van der Waals surface area contributed by atoms with Crippen LogP contribution in [0.15, 0.2) is 51.4 Å². The third-order valence-electron chi connectivity index (χ3n) is 3.50. The molecule has 0 atom stereocenters. The van der Waals surface area contributed by atoms with Crippen molar-refractivity contribution in [2.24, 2.45) is 0 Å². The Bertz CT molecular complexity index is 865. The van der Waals surface area contributed by atoms with Crippen LogP contribution in [-0.2, 0) is 11.3 Å². The molecule has 0 aliphatic heterocycles. The molecule has 2 N–H and O–H groups in total. The summed E-state index contributed by atoms with van der Waals surface area (Å²) in [4.78, 5) is 15.1. The molecule has 0 aliphatic rings. The van der Waals surface area contributed by atoms with Gasteiger partial charge in [0.1, 0.15) is 0 Å². The van der Waals surface area contributed by atoms with E-state index in [1.807, 2.05) is 41.8 Å². The van der Waals surface area contributed by atoms with Gasteiger partial charge in [0.2, 0.25) is 11.1 Å². The minimum atomic E-state index is 0.0174. The van der Waals surface area contributed by atoms with E-state index < -0.39 is 0 Å². The Labute approximate surface area is 162 Å². The average molecular weight is 438 g/mol. The topological polar surface area (TPSA) is 77.0 Å². The third kappa shape index (κ3) is 4.23. The van der Waals surface area contributed by atoms with Crippen molar-refractivity contribution < 1.29 is 4.79 Å².